The van der Waals surface area contributed by atoms with Gasteiger partial charge in [-0.3, -0.25) is 4.90 Å². The van der Waals surface area contributed by atoms with Gasteiger partial charge >= 0.3 is 0 Å². The molecule has 0 radical (unpaired) electrons. The van der Waals surface area contributed by atoms with Crippen molar-refractivity contribution < 1.29 is 19.5 Å². The minimum atomic E-state index is -0.980. The largest absolute Gasteiger partial charge is 0.393 e. The second kappa shape index (κ2) is 5.81. The summed E-state index contributed by atoms with van der Waals surface area (Å²) >= 11 is 0. The molecule has 128 valence electrons. The number of nitrogens with zero attached hydrogens (tertiary/aromatic N) is 3. The van der Waals surface area contributed by atoms with Crippen molar-refractivity contribution in [3.05, 3.63) is 11.7 Å². The monoisotopic (exact) mass is 323 g/mol. The zero-order valence-corrected chi connectivity index (χ0v) is 13.4. The molecule has 1 atom stereocenters. The molecule has 2 N–H and O–H groups in total. The molecule has 1 spiro atoms. The lowest BCUT2D eigenvalue weighted by Crippen LogP contribution is -2.55. The fraction of sp³-hybridized carbons (Fsp3) is 0.875. The highest BCUT2D eigenvalue weighted by atomic mass is 16.5. The summed E-state index contributed by atoms with van der Waals surface area (Å²) in [6.07, 6.45) is 5.11. The van der Waals surface area contributed by atoms with Crippen molar-refractivity contribution >= 4 is 0 Å². The van der Waals surface area contributed by atoms with Crippen LogP contribution in [0.3, 0.4) is 0 Å². The lowest BCUT2D eigenvalue weighted by molar-refractivity contribution is -0.189. The summed E-state index contributed by atoms with van der Waals surface area (Å²) < 4.78 is 11.3. The van der Waals surface area contributed by atoms with Crippen LogP contribution in [0.5, 0.6) is 0 Å². The highest BCUT2D eigenvalue weighted by Crippen LogP contribution is 2.40. The summed E-state index contributed by atoms with van der Waals surface area (Å²) in [6, 6.07) is 0. The fourth-order valence-electron chi connectivity index (χ4n) is 3.80. The first-order valence-corrected chi connectivity index (χ1v) is 8.62. The standard InChI is InChI=1S/C16H25N3O4/c20-11-15(21)5-8-22-16(10-15)3-6-19(7-4-16)9-13-17-14(18-23-13)12-1-2-12/h12,20-21H,1-11H2. The zero-order valence-electron chi connectivity index (χ0n) is 13.4. The van der Waals surface area contributed by atoms with Crippen molar-refractivity contribution in [3.8, 4) is 0 Å². The Morgan fingerprint density at radius 3 is 2.70 bits per heavy atom. The Morgan fingerprint density at radius 1 is 1.22 bits per heavy atom. The van der Waals surface area contributed by atoms with Crippen molar-refractivity contribution in [2.24, 2.45) is 0 Å². The minimum Gasteiger partial charge on any atom is -0.393 e. The van der Waals surface area contributed by atoms with Crippen LogP contribution in [0.4, 0.5) is 0 Å². The number of hydrogen-bond acceptors (Lipinski definition) is 7. The van der Waals surface area contributed by atoms with E-state index in [4.69, 9.17) is 9.26 Å². The molecule has 0 aromatic carbocycles. The molecule has 1 saturated carbocycles. The molecule has 1 unspecified atom stereocenters. The number of likely N-dealkylation sites (tertiary alicyclic amines) is 1. The van der Waals surface area contributed by atoms with Gasteiger partial charge < -0.3 is 19.5 Å². The molecule has 2 saturated heterocycles. The molecule has 3 aliphatic rings. The molecule has 7 nitrogen and oxygen atoms in total. The van der Waals surface area contributed by atoms with Gasteiger partial charge in [0, 0.05) is 31.8 Å². The van der Waals surface area contributed by atoms with Crippen LogP contribution in [0.2, 0.25) is 0 Å². The Balaban J connectivity index is 1.33. The predicted molar refractivity (Wildman–Crippen MR) is 80.7 cm³/mol. The number of aromatic nitrogens is 2. The maximum atomic E-state index is 10.4. The Hall–Kier alpha value is -1.02. The molecular formula is C16H25N3O4. The molecular weight excluding hydrogens is 298 g/mol. The fourth-order valence-corrected chi connectivity index (χ4v) is 3.80. The van der Waals surface area contributed by atoms with E-state index in [0.717, 1.165) is 31.8 Å². The third-order valence-electron chi connectivity index (χ3n) is 5.47. The van der Waals surface area contributed by atoms with Gasteiger partial charge in [0.1, 0.15) is 0 Å². The summed E-state index contributed by atoms with van der Waals surface area (Å²) in [6.45, 7) is 2.77. The molecule has 1 aliphatic carbocycles. The maximum Gasteiger partial charge on any atom is 0.240 e. The average molecular weight is 323 g/mol. The molecule has 7 heteroatoms. The van der Waals surface area contributed by atoms with Gasteiger partial charge in [-0.05, 0) is 25.7 Å². The van der Waals surface area contributed by atoms with Crippen molar-refractivity contribution in [1.82, 2.24) is 15.0 Å². The molecule has 4 rings (SSSR count). The molecule has 3 heterocycles. The van der Waals surface area contributed by atoms with Crippen molar-refractivity contribution in [2.45, 2.75) is 62.2 Å². The van der Waals surface area contributed by atoms with Crippen LogP contribution in [0, 0.1) is 0 Å². The second-order valence-corrected chi connectivity index (χ2v) is 7.44. The lowest BCUT2D eigenvalue weighted by atomic mass is 9.77. The molecule has 1 aromatic rings. The number of aliphatic hydroxyl groups excluding tert-OH is 1. The van der Waals surface area contributed by atoms with Crippen molar-refractivity contribution in [1.29, 1.82) is 0 Å². The SMILES string of the molecule is OCC1(O)CCOC2(CCN(Cc3nc(C4CC4)no3)CC2)C1. The lowest BCUT2D eigenvalue weighted by Gasteiger charge is -2.48. The summed E-state index contributed by atoms with van der Waals surface area (Å²) in [7, 11) is 0. The summed E-state index contributed by atoms with van der Waals surface area (Å²) in [5.41, 5.74) is -1.27. The van der Waals surface area contributed by atoms with Crippen LogP contribution in [-0.2, 0) is 11.3 Å². The number of ether oxygens (including phenoxy) is 1. The summed E-state index contributed by atoms with van der Waals surface area (Å²) in [4.78, 5) is 6.78. The van der Waals surface area contributed by atoms with E-state index in [-0.39, 0.29) is 12.2 Å². The molecule has 23 heavy (non-hydrogen) atoms. The van der Waals surface area contributed by atoms with Gasteiger partial charge in [-0.1, -0.05) is 5.16 Å². The number of aliphatic hydroxyl groups is 2. The maximum absolute atomic E-state index is 10.4. The van der Waals surface area contributed by atoms with Crippen LogP contribution in [0.25, 0.3) is 0 Å². The van der Waals surface area contributed by atoms with E-state index in [1.54, 1.807) is 0 Å². The number of hydrogen-bond donors (Lipinski definition) is 2. The quantitative estimate of drug-likeness (QED) is 0.847. The van der Waals surface area contributed by atoms with E-state index >= 15 is 0 Å². The van der Waals surface area contributed by atoms with E-state index < -0.39 is 5.60 Å². The highest BCUT2D eigenvalue weighted by Gasteiger charge is 2.46. The first-order valence-electron chi connectivity index (χ1n) is 8.62. The van der Waals surface area contributed by atoms with Gasteiger partial charge in [-0.25, -0.2) is 0 Å². The van der Waals surface area contributed by atoms with E-state index in [2.05, 4.69) is 15.0 Å². The van der Waals surface area contributed by atoms with Crippen LogP contribution in [0.15, 0.2) is 4.52 Å². The third kappa shape index (κ3) is 3.28. The smallest absolute Gasteiger partial charge is 0.240 e. The molecule has 3 fully saturated rings. The van der Waals surface area contributed by atoms with Gasteiger partial charge in [0.05, 0.1) is 31.0 Å². The molecule has 1 aromatic heterocycles. The van der Waals surface area contributed by atoms with Gasteiger partial charge in [0.25, 0.3) is 0 Å². The van der Waals surface area contributed by atoms with Crippen LogP contribution in [0.1, 0.15) is 56.2 Å². The Labute approximate surface area is 135 Å². The topological polar surface area (TPSA) is 91.8 Å². The van der Waals surface area contributed by atoms with Gasteiger partial charge in [0.15, 0.2) is 5.82 Å². The Kier molecular flexibility index (Phi) is 3.91. The van der Waals surface area contributed by atoms with Gasteiger partial charge in [0.2, 0.25) is 5.89 Å². The predicted octanol–water partition coefficient (Wildman–Crippen LogP) is 0.815. The van der Waals surface area contributed by atoms with Gasteiger partial charge in [-0.15, -0.1) is 0 Å². The first-order chi connectivity index (χ1) is 11.1. The summed E-state index contributed by atoms with van der Waals surface area (Å²) in [5, 5.41) is 23.9. The molecule has 0 bridgehead atoms. The average Bonchev–Trinajstić information content (AvgIpc) is 3.30. The van der Waals surface area contributed by atoms with Crippen molar-refractivity contribution in [2.75, 3.05) is 26.3 Å². The van der Waals surface area contributed by atoms with Gasteiger partial charge in [-0.2, -0.15) is 4.98 Å². The first kappa shape index (κ1) is 15.5. The second-order valence-electron chi connectivity index (χ2n) is 7.44. The van der Waals surface area contributed by atoms with Crippen LogP contribution >= 0.6 is 0 Å². The Bertz CT molecular complexity index is 551. The molecule has 0 amide bonds. The molecule has 2 aliphatic heterocycles. The van der Waals surface area contributed by atoms with Crippen LogP contribution < -0.4 is 0 Å². The van der Waals surface area contributed by atoms with Crippen LogP contribution in [-0.4, -0.2) is 62.8 Å². The minimum absolute atomic E-state index is 0.187. The zero-order chi connectivity index (χ0) is 15.9. The normalized spacial score (nSPS) is 31.6. The Morgan fingerprint density at radius 2 is 2.00 bits per heavy atom. The third-order valence-corrected chi connectivity index (χ3v) is 5.47. The highest BCUT2D eigenvalue weighted by molar-refractivity contribution is 5.04. The van der Waals surface area contributed by atoms with Crippen molar-refractivity contribution in [3.63, 3.8) is 0 Å². The number of rotatable bonds is 4. The summed E-state index contributed by atoms with van der Waals surface area (Å²) in [5.74, 6) is 2.07. The van der Waals surface area contributed by atoms with E-state index in [1.165, 1.54) is 12.8 Å². The van der Waals surface area contributed by atoms with E-state index in [0.29, 0.717) is 37.8 Å². The number of piperidine rings is 1. The van der Waals surface area contributed by atoms with E-state index in [9.17, 15) is 10.2 Å². The van der Waals surface area contributed by atoms with E-state index in [1.807, 2.05) is 0 Å².